The molecule has 3 heterocycles. The van der Waals surface area contributed by atoms with Crippen LogP contribution in [0.2, 0.25) is 0 Å². The van der Waals surface area contributed by atoms with Crippen LogP contribution in [0.1, 0.15) is 18.9 Å². The van der Waals surface area contributed by atoms with E-state index in [-0.39, 0.29) is 6.04 Å². The lowest BCUT2D eigenvalue weighted by atomic mass is 10.2. The van der Waals surface area contributed by atoms with Gasteiger partial charge in [-0.2, -0.15) is 0 Å². The van der Waals surface area contributed by atoms with E-state index in [0.29, 0.717) is 5.89 Å². The zero-order valence-corrected chi connectivity index (χ0v) is 15.8. The topological polar surface area (TPSA) is 55.8 Å². The maximum Gasteiger partial charge on any atom is 0.274 e. The van der Waals surface area contributed by atoms with E-state index in [1.54, 1.807) is 18.4 Å². The Morgan fingerprint density at radius 1 is 1.15 bits per heavy atom. The fraction of sp³-hybridized carbons (Fsp3) is 0.368. The van der Waals surface area contributed by atoms with Gasteiger partial charge in [0.25, 0.3) is 11.8 Å². The van der Waals surface area contributed by atoms with Gasteiger partial charge < -0.3 is 19.0 Å². The number of rotatable bonds is 5. The summed E-state index contributed by atoms with van der Waals surface area (Å²) >= 11 is 1.62. The minimum Gasteiger partial charge on any atom is -0.497 e. The fourth-order valence-electron chi connectivity index (χ4n) is 3.36. The second kappa shape index (κ2) is 7.47. The van der Waals surface area contributed by atoms with Crippen molar-refractivity contribution in [1.82, 2.24) is 10.2 Å². The molecule has 2 aromatic heterocycles. The van der Waals surface area contributed by atoms with E-state index in [9.17, 15) is 0 Å². The van der Waals surface area contributed by atoms with Crippen LogP contribution in [0.4, 0.5) is 5.69 Å². The molecular weight excluding hydrogens is 348 g/mol. The van der Waals surface area contributed by atoms with Gasteiger partial charge in [-0.15, -0.1) is 21.5 Å². The van der Waals surface area contributed by atoms with Crippen LogP contribution in [0, 0.1) is 0 Å². The van der Waals surface area contributed by atoms with Gasteiger partial charge in [-0.05, 0) is 42.6 Å². The van der Waals surface area contributed by atoms with Crippen molar-refractivity contribution < 1.29 is 14.1 Å². The van der Waals surface area contributed by atoms with Crippen LogP contribution in [-0.2, 0) is 0 Å². The number of methoxy groups -OCH3 is 1. The molecule has 0 aliphatic carbocycles. The molecule has 0 bridgehead atoms. The maximum atomic E-state index is 5.92. The third kappa shape index (κ3) is 3.45. The lowest BCUT2D eigenvalue weighted by Crippen LogP contribution is -3.14. The number of hydrogen-bond acceptors (Lipinski definition) is 6. The molecule has 1 atom stereocenters. The van der Waals surface area contributed by atoms with E-state index in [1.807, 2.05) is 29.6 Å². The van der Waals surface area contributed by atoms with Crippen LogP contribution in [-0.4, -0.2) is 43.5 Å². The summed E-state index contributed by atoms with van der Waals surface area (Å²) in [7, 11) is 1.69. The second-order valence-electron chi connectivity index (χ2n) is 6.49. The molecule has 1 saturated heterocycles. The molecule has 1 N–H and O–H groups in total. The summed E-state index contributed by atoms with van der Waals surface area (Å²) in [4.78, 5) is 4.92. The predicted molar refractivity (Wildman–Crippen MR) is 102 cm³/mol. The Bertz CT molecular complexity index is 824. The fourth-order valence-corrected chi connectivity index (χ4v) is 4.01. The van der Waals surface area contributed by atoms with Crippen molar-refractivity contribution in [2.45, 2.75) is 13.0 Å². The molecule has 26 heavy (non-hydrogen) atoms. The number of anilines is 1. The Morgan fingerprint density at radius 3 is 2.58 bits per heavy atom. The van der Waals surface area contributed by atoms with Crippen molar-refractivity contribution in [2.24, 2.45) is 0 Å². The first-order valence-corrected chi connectivity index (χ1v) is 9.73. The van der Waals surface area contributed by atoms with Crippen molar-refractivity contribution in [3.63, 3.8) is 0 Å². The minimum atomic E-state index is 0.203. The number of ether oxygens (including phenoxy) is 1. The highest BCUT2D eigenvalue weighted by atomic mass is 32.1. The van der Waals surface area contributed by atoms with Crippen LogP contribution in [0.5, 0.6) is 5.75 Å². The largest absolute Gasteiger partial charge is 0.497 e. The van der Waals surface area contributed by atoms with Crippen molar-refractivity contribution in [3.05, 3.63) is 47.7 Å². The average Bonchev–Trinajstić information content (AvgIpc) is 3.39. The van der Waals surface area contributed by atoms with Gasteiger partial charge in [-0.1, -0.05) is 6.07 Å². The normalized spacial score (nSPS) is 16.6. The number of nitrogens with one attached hydrogen (secondary N) is 1. The van der Waals surface area contributed by atoms with E-state index in [1.165, 1.54) is 10.6 Å². The van der Waals surface area contributed by atoms with Crippen LogP contribution in [0.25, 0.3) is 10.8 Å². The van der Waals surface area contributed by atoms with E-state index in [4.69, 9.17) is 9.15 Å². The highest BCUT2D eigenvalue weighted by Gasteiger charge is 2.29. The molecule has 1 aliphatic rings. The predicted octanol–water partition coefficient (Wildman–Crippen LogP) is 2.27. The summed E-state index contributed by atoms with van der Waals surface area (Å²) in [5.41, 5.74) is 1.25. The first-order valence-electron chi connectivity index (χ1n) is 8.85. The molecular formula is C19H23N4O2S+. The van der Waals surface area contributed by atoms with Crippen LogP contribution < -0.4 is 14.5 Å². The summed E-state index contributed by atoms with van der Waals surface area (Å²) in [6.45, 7) is 6.29. The second-order valence-corrected chi connectivity index (χ2v) is 7.44. The van der Waals surface area contributed by atoms with Crippen molar-refractivity contribution >= 4 is 17.0 Å². The highest BCUT2D eigenvalue weighted by molar-refractivity contribution is 7.13. The highest BCUT2D eigenvalue weighted by Crippen LogP contribution is 2.24. The average molecular weight is 371 g/mol. The Kier molecular flexibility index (Phi) is 4.90. The number of hydrogen-bond donors (Lipinski definition) is 1. The molecule has 7 heteroatoms. The lowest BCUT2D eigenvalue weighted by Gasteiger charge is -2.35. The third-order valence-corrected chi connectivity index (χ3v) is 5.86. The first kappa shape index (κ1) is 17.1. The van der Waals surface area contributed by atoms with E-state index in [0.717, 1.165) is 42.7 Å². The maximum absolute atomic E-state index is 5.92. The molecule has 0 unspecified atom stereocenters. The number of nitrogens with zero attached hydrogens (tertiary/aromatic N) is 3. The smallest absolute Gasteiger partial charge is 0.274 e. The van der Waals surface area contributed by atoms with E-state index in [2.05, 4.69) is 34.2 Å². The summed E-state index contributed by atoms with van der Waals surface area (Å²) in [5.74, 6) is 2.24. The van der Waals surface area contributed by atoms with Gasteiger partial charge in [0.05, 0.1) is 38.2 Å². The molecule has 4 rings (SSSR count). The zero-order chi connectivity index (χ0) is 17.9. The minimum absolute atomic E-state index is 0.203. The van der Waals surface area contributed by atoms with Gasteiger partial charge in [0.1, 0.15) is 5.75 Å². The van der Waals surface area contributed by atoms with Gasteiger partial charge in [-0.3, -0.25) is 0 Å². The summed E-state index contributed by atoms with van der Waals surface area (Å²) in [6, 6.07) is 12.5. The molecule has 6 nitrogen and oxygen atoms in total. The molecule has 1 fully saturated rings. The van der Waals surface area contributed by atoms with E-state index < -0.39 is 0 Å². The Morgan fingerprint density at radius 2 is 1.92 bits per heavy atom. The van der Waals surface area contributed by atoms with Gasteiger partial charge in [0.2, 0.25) is 0 Å². The van der Waals surface area contributed by atoms with Crippen LogP contribution in [0.15, 0.2) is 46.2 Å². The molecule has 1 aromatic carbocycles. The molecule has 0 amide bonds. The molecule has 1 aliphatic heterocycles. The number of benzene rings is 1. The molecule has 0 spiro atoms. The quantitative estimate of drug-likeness (QED) is 0.746. The summed E-state index contributed by atoms with van der Waals surface area (Å²) in [5, 5.41) is 10.5. The van der Waals surface area contributed by atoms with Gasteiger partial charge in [-0.25, -0.2) is 0 Å². The van der Waals surface area contributed by atoms with Crippen LogP contribution >= 0.6 is 11.3 Å². The molecule has 3 aromatic rings. The van der Waals surface area contributed by atoms with Crippen LogP contribution in [0.3, 0.4) is 0 Å². The number of piperazine rings is 1. The van der Waals surface area contributed by atoms with E-state index >= 15 is 0 Å². The number of quaternary nitrogens is 1. The van der Waals surface area contributed by atoms with Gasteiger partial charge >= 0.3 is 0 Å². The first-order chi connectivity index (χ1) is 12.7. The third-order valence-electron chi connectivity index (χ3n) is 5.00. The Labute approximate surface area is 157 Å². The van der Waals surface area contributed by atoms with Crippen molar-refractivity contribution in [1.29, 1.82) is 0 Å². The molecule has 136 valence electrons. The number of thiophene rings is 1. The SMILES string of the molecule is COc1ccc(N2CC[NH+]([C@@H](C)c3nnc(-c4cccs4)o3)CC2)cc1. The Hall–Kier alpha value is -2.38. The standard InChI is InChI=1S/C19H22N4O2S/c1-14(18-20-21-19(25-18)17-4-3-13-26-17)22-9-11-23(12-10-22)15-5-7-16(24-2)8-6-15/h3-8,13-14H,9-12H2,1-2H3/p+1/t14-/m0/s1. The zero-order valence-electron chi connectivity index (χ0n) is 15.0. The molecule has 0 radical (unpaired) electrons. The number of aromatic nitrogens is 2. The van der Waals surface area contributed by atoms with Gasteiger partial charge in [0.15, 0.2) is 6.04 Å². The van der Waals surface area contributed by atoms with Crippen molar-refractivity contribution in [3.8, 4) is 16.5 Å². The lowest BCUT2D eigenvalue weighted by molar-refractivity contribution is -0.931. The monoisotopic (exact) mass is 371 g/mol. The summed E-state index contributed by atoms with van der Waals surface area (Å²) < 4.78 is 11.2. The molecule has 0 saturated carbocycles. The van der Waals surface area contributed by atoms with Crippen molar-refractivity contribution in [2.75, 3.05) is 38.2 Å². The summed E-state index contributed by atoms with van der Waals surface area (Å²) in [6.07, 6.45) is 0. The van der Waals surface area contributed by atoms with Gasteiger partial charge in [0, 0.05) is 5.69 Å². The Balaban J connectivity index is 1.38.